The van der Waals surface area contributed by atoms with Gasteiger partial charge in [-0.1, -0.05) is 27.7 Å². The molecule has 0 fully saturated rings. The molecule has 0 amide bonds. The van der Waals surface area contributed by atoms with Crippen LogP contribution >= 0.6 is 0 Å². The fourth-order valence-electron chi connectivity index (χ4n) is 1.30. The van der Waals surface area contributed by atoms with Crippen LogP contribution in [0.4, 0.5) is 0 Å². The summed E-state index contributed by atoms with van der Waals surface area (Å²) in [6.07, 6.45) is 2.58. The molecule has 0 saturated heterocycles. The molecular formula is C12H26O2. The Labute approximate surface area is 88.7 Å². The first-order chi connectivity index (χ1) is 6.52. The van der Waals surface area contributed by atoms with E-state index < -0.39 is 0 Å². The maximum atomic E-state index is 9.55. The second-order valence-corrected chi connectivity index (χ2v) is 4.87. The normalized spacial score (nSPS) is 13.9. The minimum Gasteiger partial charge on any atom is -0.393 e. The van der Waals surface area contributed by atoms with E-state index in [4.69, 9.17) is 4.74 Å². The van der Waals surface area contributed by atoms with Gasteiger partial charge in [0.15, 0.2) is 0 Å². The zero-order valence-electron chi connectivity index (χ0n) is 10.1. The summed E-state index contributed by atoms with van der Waals surface area (Å²) in [5.41, 5.74) is 0. The van der Waals surface area contributed by atoms with Crippen molar-refractivity contribution in [3.05, 3.63) is 0 Å². The fourth-order valence-corrected chi connectivity index (χ4v) is 1.30. The van der Waals surface area contributed by atoms with Crippen molar-refractivity contribution in [2.75, 3.05) is 13.2 Å². The first kappa shape index (κ1) is 13.9. The highest BCUT2D eigenvalue weighted by atomic mass is 16.5. The van der Waals surface area contributed by atoms with Gasteiger partial charge in [0.2, 0.25) is 0 Å². The zero-order valence-corrected chi connectivity index (χ0v) is 10.1. The van der Waals surface area contributed by atoms with Crippen molar-refractivity contribution in [2.24, 2.45) is 11.8 Å². The molecule has 1 unspecified atom stereocenters. The SMILES string of the molecule is CC(C)CCOCCC(O)CC(C)C. The average Bonchev–Trinajstić information content (AvgIpc) is 2.01. The van der Waals surface area contributed by atoms with Gasteiger partial charge >= 0.3 is 0 Å². The third-order valence-corrected chi connectivity index (χ3v) is 2.18. The molecular weight excluding hydrogens is 176 g/mol. The van der Waals surface area contributed by atoms with E-state index in [0.29, 0.717) is 18.4 Å². The zero-order chi connectivity index (χ0) is 11.0. The second kappa shape index (κ2) is 8.25. The highest BCUT2D eigenvalue weighted by Gasteiger charge is 2.06. The maximum Gasteiger partial charge on any atom is 0.0564 e. The summed E-state index contributed by atoms with van der Waals surface area (Å²) in [5, 5.41) is 9.55. The lowest BCUT2D eigenvalue weighted by Crippen LogP contribution is -2.13. The van der Waals surface area contributed by atoms with Crippen LogP contribution in [0.2, 0.25) is 0 Å². The third-order valence-electron chi connectivity index (χ3n) is 2.18. The number of hydrogen-bond donors (Lipinski definition) is 1. The van der Waals surface area contributed by atoms with Gasteiger partial charge in [-0.15, -0.1) is 0 Å². The lowest BCUT2D eigenvalue weighted by atomic mass is 10.0. The van der Waals surface area contributed by atoms with Gasteiger partial charge < -0.3 is 9.84 Å². The number of hydrogen-bond acceptors (Lipinski definition) is 2. The van der Waals surface area contributed by atoms with Crippen LogP contribution in [0.5, 0.6) is 0 Å². The topological polar surface area (TPSA) is 29.5 Å². The Morgan fingerprint density at radius 3 is 2.00 bits per heavy atom. The second-order valence-electron chi connectivity index (χ2n) is 4.87. The van der Waals surface area contributed by atoms with E-state index >= 15 is 0 Å². The van der Waals surface area contributed by atoms with Crippen LogP contribution in [-0.2, 0) is 4.74 Å². The van der Waals surface area contributed by atoms with E-state index in [1.807, 2.05) is 0 Å². The van der Waals surface area contributed by atoms with Crippen LogP contribution in [0.15, 0.2) is 0 Å². The van der Waals surface area contributed by atoms with Gasteiger partial charge in [0.1, 0.15) is 0 Å². The highest BCUT2D eigenvalue weighted by Crippen LogP contribution is 2.07. The molecule has 14 heavy (non-hydrogen) atoms. The first-order valence-corrected chi connectivity index (χ1v) is 5.78. The third kappa shape index (κ3) is 10.0. The van der Waals surface area contributed by atoms with Gasteiger partial charge in [-0.25, -0.2) is 0 Å². The molecule has 0 aromatic carbocycles. The predicted octanol–water partition coefficient (Wildman–Crippen LogP) is 2.85. The van der Waals surface area contributed by atoms with E-state index in [1.165, 1.54) is 0 Å². The number of rotatable bonds is 8. The molecule has 1 N–H and O–H groups in total. The van der Waals surface area contributed by atoms with Crippen LogP contribution in [0.3, 0.4) is 0 Å². The quantitative estimate of drug-likeness (QED) is 0.613. The Morgan fingerprint density at radius 2 is 1.50 bits per heavy atom. The van der Waals surface area contributed by atoms with E-state index in [1.54, 1.807) is 0 Å². The molecule has 0 rings (SSSR count). The van der Waals surface area contributed by atoms with Crippen molar-refractivity contribution >= 4 is 0 Å². The maximum absolute atomic E-state index is 9.55. The molecule has 0 aliphatic carbocycles. The Bertz CT molecular complexity index is 121. The molecule has 0 radical (unpaired) electrons. The van der Waals surface area contributed by atoms with Crippen molar-refractivity contribution in [1.82, 2.24) is 0 Å². The number of aliphatic hydroxyl groups is 1. The Balaban J connectivity index is 3.19. The minimum atomic E-state index is -0.186. The summed E-state index contributed by atoms with van der Waals surface area (Å²) in [5.74, 6) is 1.27. The lowest BCUT2D eigenvalue weighted by molar-refractivity contribution is 0.0680. The fraction of sp³-hybridized carbons (Fsp3) is 1.00. The van der Waals surface area contributed by atoms with Gasteiger partial charge in [0.05, 0.1) is 6.10 Å². The Kier molecular flexibility index (Phi) is 8.20. The van der Waals surface area contributed by atoms with Crippen molar-refractivity contribution < 1.29 is 9.84 Å². The first-order valence-electron chi connectivity index (χ1n) is 5.78. The van der Waals surface area contributed by atoms with Gasteiger partial charge in [0.25, 0.3) is 0 Å². The molecule has 0 saturated carbocycles. The summed E-state index contributed by atoms with van der Waals surface area (Å²) >= 11 is 0. The molecule has 0 bridgehead atoms. The van der Waals surface area contributed by atoms with E-state index in [0.717, 1.165) is 25.9 Å². The largest absolute Gasteiger partial charge is 0.393 e. The number of aliphatic hydroxyl groups excluding tert-OH is 1. The lowest BCUT2D eigenvalue weighted by Gasteiger charge is -2.13. The molecule has 2 heteroatoms. The van der Waals surface area contributed by atoms with Crippen molar-refractivity contribution in [1.29, 1.82) is 0 Å². The molecule has 2 nitrogen and oxygen atoms in total. The van der Waals surface area contributed by atoms with Crippen LogP contribution in [0.25, 0.3) is 0 Å². The predicted molar refractivity (Wildman–Crippen MR) is 60.4 cm³/mol. The van der Waals surface area contributed by atoms with E-state index in [2.05, 4.69) is 27.7 Å². The smallest absolute Gasteiger partial charge is 0.0564 e. The Hall–Kier alpha value is -0.0800. The van der Waals surface area contributed by atoms with Gasteiger partial charge in [0, 0.05) is 13.2 Å². The molecule has 86 valence electrons. The summed E-state index contributed by atoms with van der Waals surface area (Å²) in [6.45, 7) is 10.2. The van der Waals surface area contributed by atoms with E-state index in [9.17, 15) is 5.11 Å². The van der Waals surface area contributed by atoms with Crippen molar-refractivity contribution in [3.8, 4) is 0 Å². The summed E-state index contributed by atoms with van der Waals surface area (Å²) in [4.78, 5) is 0. The van der Waals surface area contributed by atoms with Crippen molar-refractivity contribution in [2.45, 2.75) is 53.1 Å². The molecule has 0 aromatic heterocycles. The molecule has 0 spiro atoms. The van der Waals surface area contributed by atoms with Crippen LogP contribution in [0, 0.1) is 11.8 Å². The highest BCUT2D eigenvalue weighted by molar-refractivity contribution is 4.57. The standard InChI is InChI=1S/C12H26O2/c1-10(2)5-7-14-8-6-12(13)9-11(3)4/h10-13H,5-9H2,1-4H3. The van der Waals surface area contributed by atoms with Gasteiger partial charge in [-0.3, -0.25) is 0 Å². The molecule has 1 atom stereocenters. The van der Waals surface area contributed by atoms with Crippen LogP contribution in [-0.4, -0.2) is 24.4 Å². The summed E-state index contributed by atoms with van der Waals surface area (Å²) in [6, 6.07) is 0. The van der Waals surface area contributed by atoms with E-state index in [-0.39, 0.29) is 6.10 Å². The average molecular weight is 202 g/mol. The van der Waals surface area contributed by atoms with Crippen LogP contribution in [0.1, 0.15) is 47.0 Å². The van der Waals surface area contributed by atoms with Gasteiger partial charge in [-0.05, 0) is 31.1 Å². The minimum absolute atomic E-state index is 0.186. The molecule has 0 heterocycles. The summed E-state index contributed by atoms with van der Waals surface area (Å²) in [7, 11) is 0. The van der Waals surface area contributed by atoms with Crippen molar-refractivity contribution in [3.63, 3.8) is 0 Å². The molecule has 0 aliphatic rings. The molecule has 0 aromatic rings. The Morgan fingerprint density at radius 1 is 0.929 bits per heavy atom. The van der Waals surface area contributed by atoms with Crippen LogP contribution < -0.4 is 0 Å². The summed E-state index contributed by atoms with van der Waals surface area (Å²) < 4.78 is 5.44. The molecule has 0 aliphatic heterocycles. The monoisotopic (exact) mass is 202 g/mol. The number of ether oxygens (including phenoxy) is 1. The van der Waals surface area contributed by atoms with Gasteiger partial charge in [-0.2, -0.15) is 0 Å².